The highest BCUT2D eigenvalue weighted by Gasteiger charge is 2.03. The third-order valence-electron chi connectivity index (χ3n) is 2.42. The van der Waals surface area contributed by atoms with E-state index in [1.54, 1.807) is 0 Å². The third kappa shape index (κ3) is 3.94. The highest BCUT2D eigenvalue weighted by atomic mass is 16.7. The van der Waals surface area contributed by atoms with Crippen molar-refractivity contribution < 1.29 is 19.0 Å². The summed E-state index contributed by atoms with van der Waals surface area (Å²) in [6.45, 7) is 0.0407. The summed E-state index contributed by atoms with van der Waals surface area (Å²) in [5, 5.41) is 8.79. The van der Waals surface area contributed by atoms with Crippen molar-refractivity contribution in [1.29, 1.82) is 0 Å². The summed E-state index contributed by atoms with van der Waals surface area (Å²) in [5.41, 5.74) is 0.673. The van der Waals surface area contributed by atoms with Crippen molar-refractivity contribution >= 4 is 0 Å². The van der Waals surface area contributed by atoms with Gasteiger partial charge in [-0.15, -0.1) is 0 Å². The van der Waals surface area contributed by atoms with Crippen molar-refractivity contribution in [3.63, 3.8) is 0 Å². The smallest absolute Gasteiger partial charge is 0.227 e. The van der Waals surface area contributed by atoms with E-state index in [1.807, 2.05) is 30.3 Å². The first-order chi connectivity index (χ1) is 9.29. The van der Waals surface area contributed by atoms with Gasteiger partial charge in [0, 0.05) is 6.07 Å². The fraction of sp³-hybridized carbons (Fsp3) is 0.214. The molecular weight excluding hydrogens is 248 g/mol. The minimum atomic E-state index is -0.349. The predicted octanol–water partition coefficient (Wildman–Crippen LogP) is 1.69. The Hall–Kier alpha value is -2.11. The molecule has 0 bridgehead atoms. The van der Waals surface area contributed by atoms with Gasteiger partial charge >= 0.3 is 0 Å². The number of rotatable bonds is 6. The number of aliphatic hydroxyl groups is 1. The lowest BCUT2D eigenvalue weighted by Crippen LogP contribution is -2.11. The fourth-order valence-electron chi connectivity index (χ4n) is 1.47. The lowest BCUT2D eigenvalue weighted by Gasteiger charge is -2.06. The molecule has 1 heterocycles. The first-order valence-corrected chi connectivity index (χ1v) is 5.76. The maximum Gasteiger partial charge on any atom is 0.227 e. The monoisotopic (exact) mass is 262 g/mol. The van der Waals surface area contributed by atoms with Crippen LogP contribution in [0.5, 0.6) is 5.75 Å². The highest BCUT2D eigenvalue weighted by molar-refractivity contribution is 5.17. The van der Waals surface area contributed by atoms with Gasteiger partial charge in [0.25, 0.3) is 0 Å². The second-order valence-corrected chi connectivity index (χ2v) is 3.83. The summed E-state index contributed by atoms with van der Waals surface area (Å²) in [5.74, 6) is 0.257. The molecule has 0 unspecified atom stereocenters. The van der Waals surface area contributed by atoms with Gasteiger partial charge in [-0.2, -0.15) is 0 Å². The third-order valence-corrected chi connectivity index (χ3v) is 2.42. The molecule has 0 fully saturated rings. The Bertz CT molecular complexity index is 562. The lowest BCUT2D eigenvalue weighted by molar-refractivity contribution is 0.00322. The first kappa shape index (κ1) is 13.3. The van der Waals surface area contributed by atoms with Crippen molar-refractivity contribution in [2.24, 2.45) is 0 Å². The molecule has 0 aliphatic rings. The molecule has 0 saturated heterocycles. The van der Waals surface area contributed by atoms with E-state index in [4.69, 9.17) is 19.0 Å². The van der Waals surface area contributed by atoms with Crippen molar-refractivity contribution in [2.45, 2.75) is 13.2 Å². The van der Waals surface area contributed by atoms with E-state index in [1.165, 1.54) is 12.3 Å². The molecule has 5 heteroatoms. The average molecular weight is 262 g/mol. The molecule has 0 amide bonds. The maximum absolute atomic E-state index is 11.5. The van der Waals surface area contributed by atoms with Crippen molar-refractivity contribution in [2.75, 3.05) is 6.79 Å². The van der Waals surface area contributed by atoms with Crippen LogP contribution in [0.3, 0.4) is 0 Å². The van der Waals surface area contributed by atoms with Crippen molar-refractivity contribution in [3.8, 4) is 5.75 Å². The van der Waals surface area contributed by atoms with Crippen molar-refractivity contribution in [3.05, 3.63) is 64.2 Å². The predicted molar refractivity (Wildman–Crippen MR) is 67.6 cm³/mol. The largest absolute Gasteiger partial charge is 0.463 e. The van der Waals surface area contributed by atoms with E-state index in [0.717, 1.165) is 5.56 Å². The Morgan fingerprint density at radius 1 is 1.21 bits per heavy atom. The zero-order valence-corrected chi connectivity index (χ0v) is 10.2. The number of aliphatic hydroxyl groups excluding tert-OH is 1. The molecule has 0 aliphatic carbocycles. The normalized spacial score (nSPS) is 10.4. The average Bonchev–Trinajstić information content (AvgIpc) is 2.46. The Kier molecular flexibility index (Phi) is 4.72. The SMILES string of the molecule is O=c1cc(CO)occ1OCOCc1ccccc1. The zero-order chi connectivity index (χ0) is 13.5. The number of benzene rings is 1. The van der Waals surface area contributed by atoms with E-state index in [9.17, 15) is 4.79 Å². The van der Waals surface area contributed by atoms with Crippen molar-refractivity contribution in [1.82, 2.24) is 0 Å². The van der Waals surface area contributed by atoms with Crippen LogP contribution in [-0.4, -0.2) is 11.9 Å². The Balaban J connectivity index is 1.81. The molecule has 100 valence electrons. The van der Waals surface area contributed by atoms with Gasteiger partial charge in [0.15, 0.2) is 6.79 Å². The summed E-state index contributed by atoms with van der Waals surface area (Å²) < 4.78 is 15.4. The van der Waals surface area contributed by atoms with Gasteiger partial charge in [-0.3, -0.25) is 4.79 Å². The minimum absolute atomic E-state index is 0.0435. The summed E-state index contributed by atoms with van der Waals surface area (Å²) in [7, 11) is 0. The first-order valence-electron chi connectivity index (χ1n) is 5.76. The molecule has 0 aliphatic heterocycles. The van der Waals surface area contributed by atoms with E-state index in [-0.39, 0.29) is 30.3 Å². The fourth-order valence-corrected chi connectivity index (χ4v) is 1.47. The van der Waals surface area contributed by atoms with Crippen LogP contribution in [0.15, 0.2) is 51.9 Å². The second-order valence-electron chi connectivity index (χ2n) is 3.83. The summed E-state index contributed by atoms with van der Waals surface area (Å²) in [6.07, 6.45) is 1.17. The van der Waals surface area contributed by atoms with Crippen LogP contribution in [0.25, 0.3) is 0 Å². The van der Waals surface area contributed by atoms with Gasteiger partial charge in [0.2, 0.25) is 11.2 Å². The molecule has 0 spiro atoms. The molecule has 1 N–H and O–H groups in total. The summed E-state index contributed by atoms with van der Waals surface area (Å²) in [6, 6.07) is 10.8. The molecule has 5 nitrogen and oxygen atoms in total. The van der Waals surface area contributed by atoms with Crippen LogP contribution >= 0.6 is 0 Å². The second kappa shape index (κ2) is 6.72. The Morgan fingerprint density at radius 3 is 2.68 bits per heavy atom. The van der Waals surface area contributed by atoms with Crippen LogP contribution in [0.4, 0.5) is 0 Å². The van der Waals surface area contributed by atoms with E-state index < -0.39 is 0 Å². The van der Waals surface area contributed by atoms with Crippen LogP contribution < -0.4 is 10.2 Å². The molecule has 1 aromatic heterocycles. The number of hydrogen-bond acceptors (Lipinski definition) is 5. The minimum Gasteiger partial charge on any atom is -0.463 e. The molecule has 0 atom stereocenters. The number of hydrogen-bond donors (Lipinski definition) is 1. The molecular formula is C14H14O5. The topological polar surface area (TPSA) is 68.9 Å². The van der Waals surface area contributed by atoms with E-state index in [2.05, 4.69) is 0 Å². The molecule has 2 rings (SSSR count). The summed E-state index contributed by atoms with van der Waals surface area (Å²) >= 11 is 0. The van der Waals surface area contributed by atoms with Gasteiger partial charge in [-0.05, 0) is 5.56 Å². The van der Waals surface area contributed by atoms with Gasteiger partial charge in [0.1, 0.15) is 18.6 Å². The standard InChI is InChI=1S/C14H14O5/c15-7-12-6-13(16)14(9-18-12)19-10-17-8-11-4-2-1-3-5-11/h1-6,9,15H,7-8,10H2. The van der Waals surface area contributed by atoms with E-state index >= 15 is 0 Å². The highest BCUT2D eigenvalue weighted by Crippen LogP contribution is 2.06. The Labute approximate surface area is 110 Å². The van der Waals surface area contributed by atoms with Gasteiger partial charge in [-0.1, -0.05) is 30.3 Å². The van der Waals surface area contributed by atoms with Crippen LogP contribution in [0.1, 0.15) is 11.3 Å². The van der Waals surface area contributed by atoms with E-state index in [0.29, 0.717) is 6.61 Å². The molecule has 2 aromatic rings. The molecule has 19 heavy (non-hydrogen) atoms. The zero-order valence-electron chi connectivity index (χ0n) is 10.2. The Morgan fingerprint density at radius 2 is 2.00 bits per heavy atom. The molecule has 1 aromatic carbocycles. The van der Waals surface area contributed by atoms with Gasteiger partial charge < -0.3 is 19.0 Å². The lowest BCUT2D eigenvalue weighted by atomic mass is 10.2. The van der Waals surface area contributed by atoms with Gasteiger partial charge in [-0.25, -0.2) is 0 Å². The number of ether oxygens (including phenoxy) is 2. The molecule has 0 saturated carbocycles. The van der Waals surface area contributed by atoms with Crippen LogP contribution in [0, 0.1) is 0 Å². The summed E-state index contributed by atoms with van der Waals surface area (Å²) in [4.78, 5) is 11.5. The van der Waals surface area contributed by atoms with Gasteiger partial charge in [0.05, 0.1) is 6.61 Å². The van der Waals surface area contributed by atoms with Crippen LogP contribution in [-0.2, 0) is 18.0 Å². The quantitative estimate of drug-likeness (QED) is 0.633. The molecule has 0 radical (unpaired) electrons. The van der Waals surface area contributed by atoms with Crippen LogP contribution in [0.2, 0.25) is 0 Å². The maximum atomic E-state index is 11.5.